The first-order valence-corrected chi connectivity index (χ1v) is 6.55. The zero-order valence-corrected chi connectivity index (χ0v) is 12.3. The van der Waals surface area contributed by atoms with Crippen LogP contribution < -0.4 is 4.74 Å². The number of benzene rings is 2. The van der Waals surface area contributed by atoms with Crippen molar-refractivity contribution in [3.63, 3.8) is 0 Å². The topological polar surface area (TPSA) is 76.2 Å². The molecule has 0 amide bonds. The Hall–Kier alpha value is -2.46. The van der Waals surface area contributed by atoms with E-state index in [1.807, 2.05) is 6.07 Å². The maximum Gasteiger partial charge on any atom is 0.314 e. The fraction of sp³-hybridized carbons (Fsp3) is 0.0714. The Labute approximate surface area is 127 Å². The number of hydrogen-bond acceptors (Lipinski definition) is 4. The second kappa shape index (κ2) is 5.89. The third-order valence-corrected chi connectivity index (χ3v) is 3.55. The summed E-state index contributed by atoms with van der Waals surface area (Å²) in [5.41, 5.74) is 0.293. The van der Waals surface area contributed by atoms with Gasteiger partial charge >= 0.3 is 5.69 Å². The first-order chi connectivity index (χ1) is 9.95. The first kappa shape index (κ1) is 14.9. The number of ether oxygens (including phenoxy) is 1. The minimum absolute atomic E-state index is 0.0437. The second-order valence-corrected chi connectivity index (χ2v) is 4.92. The largest absolute Gasteiger partial charge is 0.447 e. The maximum atomic E-state index is 14.1. The van der Waals surface area contributed by atoms with Gasteiger partial charge in [-0.15, -0.1) is 0 Å². The quantitative estimate of drug-likeness (QED) is 0.604. The summed E-state index contributed by atoms with van der Waals surface area (Å²) in [6.07, 6.45) is 0. The Balaban J connectivity index is 2.50. The molecule has 0 heterocycles. The number of rotatable bonds is 3. The van der Waals surface area contributed by atoms with Gasteiger partial charge in [-0.05, 0) is 41.1 Å². The molecule has 0 aromatic heterocycles. The van der Waals surface area contributed by atoms with Crippen molar-refractivity contribution in [2.24, 2.45) is 0 Å². The van der Waals surface area contributed by atoms with Crippen LogP contribution in [0.2, 0.25) is 0 Å². The molecule has 0 aliphatic carbocycles. The lowest BCUT2D eigenvalue weighted by Gasteiger charge is -2.09. The fourth-order valence-corrected chi connectivity index (χ4v) is 2.18. The summed E-state index contributed by atoms with van der Waals surface area (Å²) in [5.74, 6) is -1.05. The molecule has 0 unspecified atom stereocenters. The van der Waals surface area contributed by atoms with E-state index in [0.29, 0.717) is 5.56 Å². The average Bonchev–Trinajstić information content (AvgIpc) is 2.44. The predicted molar refractivity (Wildman–Crippen MR) is 76.7 cm³/mol. The van der Waals surface area contributed by atoms with Crippen molar-refractivity contribution in [2.75, 3.05) is 0 Å². The Kier molecular flexibility index (Phi) is 4.19. The molecule has 0 aliphatic rings. The molecule has 2 rings (SSSR count). The molecule has 106 valence electrons. The molecule has 0 saturated heterocycles. The van der Waals surface area contributed by atoms with Crippen LogP contribution in [0, 0.1) is 34.2 Å². The smallest absolute Gasteiger partial charge is 0.314 e. The van der Waals surface area contributed by atoms with Crippen LogP contribution in [0.5, 0.6) is 11.5 Å². The Morgan fingerprint density at radius 3 is 2.67 bits per heavy atom. The van der Waals surface area contributed by atoms with Gasteiger partial charge in [0.1, 0.15) is 6.07 Å². The van der Waals surface area contributed by atoms with Crippen LogP contribution in [0.3, 0.4) is 0 Å². The standard InChI is InChI=1S/C14H8BrFN2O3/c1-8-3-2-4-11(14(8)18(19)20)21-10-6-5-9(7-17)12(15)13(10)16/h2-6H,1H3. The van der Waals surface area contributed by atoms with E-state index in [9.17, 15) is 14.5 Å². The molecule has 0 spiro atoms. The molecule has 2 aromatic carbocycles. The molecule has 2 aromatic rings. The van der Waals surface area contributed by atoms with Gasteiger partial charge in [0, 0.05) is 5.56 Å². The van der Waals surface area contributed by atoms with Crippen molar-refractivity contribution in [3.05, 3.63) is 61.9 Å². The summed E-state index contributed by atoms with van der Waals surface area (Å²) in [6.45, 7) is 1.57. The number of nitro groups is 1. The van der Waals surface area contributed by atoms with E-state index in [1.165, 1.54) is 18.2 Å². The van der Waals surface area contributed by atoms with E-state index >= 15 is 0 Å². The molecule has 0 aliphatic heterocycles. The number of nitro benzene ring substituents is 1. The Morgan fingerprint density at radius 1 is 1.33 bits per heavy atom. The van der Waals surface area contributed by atoms with Gasteiger partial charge in [0.25, 0.3) is 0 Å². The van der Waals surface area contributed by atoms with E-state index in [4.69, 9.17) is 10.00 Å². The highest BCUT2D eigenvalue weighted by molar-refractivity contribution is 9.10. The van der Waals surface area contributed by atoms with Gasteiger partial charge in [-0.25, -0.2) is 4.39 Å². The molecule has 21 heavy (non-hydrogen) atoms. The lowest BCUT2D eigenvalue weighted by molar-refractivity contribution is -0.386. The van der Waals surface area contributed by atoms with Gasteiger partial charge in [0.2, 0.25) is 5.75 Å². The third kappa shape index (κ3) is 2.85. The number of nitrogens with zero attached hydrogens (tertiary/aromatic N) is 2. The minimum Gasteiger partial charge on any atom is -0.447 e. The van der Waals surface area contributed by atoms with Crippen LogP contribution in [0.4, 0.5) is 10.1 Å². The van der Waals surface area contributed by atoms with Crippen molar-refractivity contribution in [1.82, 2.24) is 0 Å². The molecule has 0 saturated carbocycles. The summed E-state index contributed by atoms with van der Waals surface area (Å²) in [7, 11) is 0. The van der Waals surface area contributed by atoms with Crippen LogP contribution >= 0.6 is 15.9 Å². The van der Waals surface area contributed by atoms with Crippen LogP contribution in [0.25, 0.3) is 0 Å². The van der Waals surface area contributed by atoms with E-state index in [2.05, 4.69) is 15.9 Å². The molecular weight excluding hydrogens is 343 g/mol. The van der Waals surface area contributed by atoms with Crippen LogP contribution in [0.15, 0.2) is 34.8 Å². The highest BCUT2D eigenvalue weighted by Crippen LogP contribution is 2.37. The lowest BCUT2D eigenvalue weighted by Crippen LogP contribution is -1.98. The number of hydrogen-bond donors (Lipinski definition) is 0. The number of halogens is 2. The Bertz CT molecular complexity index is 772. The highest BCUT2D eigenvalue weighted by atomic mass is 79.9. The third-order valence-electron chi connectivity index (χ3n) is 2.77. The predicted octanol–water partition coefficient (Wildman–Crippen LogP) is 4.47. The van der Waals surface area contributed by atoms with E-state index in [0.717, 1.165) is 0 Å². The monoisotopic (exact) mass is 350 g/mol. The molecule has 0 atom stereocenters. The highest BCUT2D eigenvalue weighted by Gasteiger charge is 2.21. The first-order valence-electron chi connectivity index (χ1n) is 5.75. The van der Waals surface area contributed by atoms with Gasteiger partial charge in [-0.3, -0.25) is 10.1 Å². The zero-order valence-electron chi connectivity index (χ0n) is 10.8. The number of para-hydroxylation sites is 1. The van der Waals surface area contributed by atoms with Gasteiger partial charge in [-0.2, -0.15) is 5.26 Å². The van der Waals surface area contributed by atoms with E-state index in [-0.39, 0.29) is 27.2 Å². The summed E-state index contributed by atoms with van der Waals surface area (Å²) in [6, 6.07) is 8.96. The van der Waals surface area contributed by atoms with Gasteiger partial charge in [-0.1, -0.05) is 12.1 Å². The van der Waals surface area contributed by atoms with Crippen molar-refractivity contribution >= 4 is 21.6 Å². The molecule has 5 nitrogen and oxygen atoms in total. The normalized spacial score (nSPS) is 10.0. The Morgan fingerprint density at radius 2 is 2.05 bits per heavy atom. The average molecular weight is 351 g/mol. The molecule has 0 fully saturated rings. The van der Waals surface area contributed by atoms with Crippen LogP contribution in [0.1, 0.15) is 11.1 Å². The molecule has 7 heteroatoms. The van der Waals surface area contributed by atoms with Gasteiger partial charge < -0.3 is 4.74 Å². The lowest BCUT2D eigenvalue weighted by atomic mass is 10.2. The van der Waals surface area contributed by atoms with E-state index in [1.54, 1.807) is 19.1 Å². The number of aryl methyl sites for hydroxylation is 1. The summed E-state index contributed by atoms with van der Waals surface area (Å²) in [5, 5.41) is 19.9. The van der Waals surface area contributed by atoms with Crippen molar-refractivity contribution in [1.29, 1.82) is 5.26 Å². The van der Waals surface area contributed by atoms with Gasteiger partial charge in [0.05, 0.1) is 15.0 Å². The molecular formula is C14H8BrFN2O3. The SMILES string of the molecule is Cc1cccc(Oc2ccc(C#N)c(Br)c2F)c1[N+](=O)[O-]. The molecule has 0 N–H and O–H groups in total. The van der Waals surface area contributed by atoms with Crippen molar-refractivity contribution in [2.45, 2.75) is 6.92 Å². The van der Waals surface area contributed by atoms with Gasteiger partial charge in [0.15, 0.2) is 11.6 Å². The summed E-state index contributed by atoms with van der Waals surface area (Å²) >= 11 is 2.96. The number of nitriles is 1. The minimum atomic E-state index is -0.787. The second-order valence-electron chi connectivity index (χ2n) is 4.13. The van der Waals surface area contributed by atoms with Crippen molar-refractivity contribution in [3.8, 4) is 17.6 Å². The molecule has 0 radical (unpaired) electrons. The fourth-order valence-electron chi connectivity index (χ4n) is 1.76. The van der Waals surface area contributed by atoms with Crippen LogP contribution in [-0.2, 0) is 0 Å². The maximum absolute atomic E-state index is 14.1. The van der Waals surface area contributed by atoms with Crippen LogP contribution in [-0.4, -0.2) is 4.92 Å². The summed E-state index contributed by atoms with van der Waals surface area (Å²) in [4.78, 5) is 10.5. The van der Waals surface area contributed by atoms with E-state index < -0.39 is 10.7 Å². The summed E-state index contributed by atoms with van der Waals surface area (Å²) < 4.78 is 19.3. The molecule has 0 bridgehead atoms. The van der Waals surface area contributed by atoms with Crippen molar-refractivity contribution < 1.29 is 14.1 Å². The zero-order chi connectivity index (χ0) is 15.6.